The Hall–Kier alpha value is -0.540. The number of halogens is 1. The van der Waals surface area contributed by atoms with Gasteiger partial charge in [0.2, 0.25) is 0 Å². The Labute approximate surface area is 93.6 Å². The second-order valence-corrected chi connectivity index (χ2v) is 4.16. The standard InChI is InChI=1S/C11H16BrNO/c1-7-6-9(4-5-13)11(14-3)8(2)10(7)12/h6H,4-5,13H2,1-3H3. The van der Waals surface area contributed by atoms with Crippen LogP contribution in [0.25, 0.3) is 0 Å². The van der Waals surface area contributed by atoms with Crippen LogP contribution < -0.4 is 10.5 Å². The zero-order valence-corrected chi connectivity index (χ0v) is 10.4. The van der Waals surface area contributed by atoms with Crippen molar-refractivity contribution in [2.24, 2.45) is 5.73 Å². The van der Waals surface area contributed by atoms with Gasteiger partial charge in [0.15, 0.2) is 0 Å². The summed E-state index contributed by atoms with van der Waals surface area (Å²) in [4.78, 5) is 0. The molecule has 78 valence electrons. The molecule has 1 rings (SSSR count). The Morgan fingerprint density at radius 2 is 2.07 bits per heavy atom. The van der Waals surface area contributed by atoms with Crippen LogP contribution in [0.15, 0.2) is 10.5 Å². The van der Waals surface area contributed by atoms with Gasteiger partial charge in [0.05, 0.1) is 7.11 Å². The van der Waals surface area contributed by atoms with Crippen LogP contribution in [-0.4, -0.2) is 13.7 Å². The molecule has 0 fully saturated rings. The van der Waals surface area contributed by atoms with E-state index in [-0.39, 0.29) is 0 Å². The number of hydrogen-bond donors (Lipinski definition) is 1. The van der Waals surface area contributed by atoms with Crippen molar-refractivity contribution in [3.8, 4) is 5.75 Å². The van der Waals surface area contributed by atoms with Crippen molar-refractivity contribution in [1.29, 1.82) is 0 Å². The second kappa shape index (κ2) is 4.80. The highest BCUT2D eigenvalue weighted by atomic mass is 79.9. The van der Waals surface area contributed by atoms with Crippen LogP contribution in [0.5, 0.6) is 5.75 Å². The van der Waals surface area contributed by atoms with E-state index in [9.17, 15) is 0 Å². The largest absolute Gasteiger partial charge is 0.496 e. The predicted octanol–water partition coefficient (Wildman–Crippen LogP) is 2.58. The zero-order chi connectivity index (χ0) is 10.7. The van der Waals surface area contributed by atoms with E-state index in [1.54, 1.807) is 7.11 Å². The normalized spacial score (nSPS) is 10.4. The van der Waals surface area contributed by atoms with Crippen LogP contribution in [0.2, 0.25) is 0 Å². The van der Waals surface area contributed by atoms with Crippen LogP contribution in [0.3, 0.4) is 0 Å². The van der Waals surface area contributed by atoms with Gasteiger partial charge in [0, 0.05) is 10.0 Å². The van der Waals surface area contributed by atoms with Gasteiger partial charge in [-0.3, -0.25) is 0 Å². The number of nitrogens with two attached hydrogens (primary N) is 1. The van der Waals surface area contributed by atoms with Gasteiger partial charge in [-0.15, -0.1) is 0 Å². The van der Waals surface area contributed by atoms with Gasteiger partial charge in [-0.1, -0.05) is 22.0 Å². The first-order valence-corrected chi connectivity index (χ1v) is 5.43. The smallest absolute Gasteiger partial charge is 0.126 e. The third-order valence-electron chi connectivity index (χ3n) is 2.32. The summed E-state index contributed by atoms with van der Waals surface area (Å²) >= 11 is 3.54. The van der Waals surface area contributed by atoms with E-state index in [1.807, 2.05) is 0 Å². The molecule has 3 heteroatoms. The van der Waals surface area contributed by atoms with Crippen molar-refractivity contribution in [3.63, 3.8) is 0 Å². The monoisotopic (exact) mass is 257 g/mol. The SMILES string of the molecule is COc1c(CCN)cc(C)c(Br)c1C. The van der Waals surface area contributed by atoms with Crippen molar-refractivity contribution in [1.82, 2.24) is 0 Å². The van der Waals surface area contributed by atoms with Crippen LogP contribution in [0.1, 0.15) is 16.7 Å². The van der Waals surface area contributed by atoms with E-state index in [4.69, 9.17) is 10.5 Å². The number of aryl methyl sites for hydroxylation is 1. The van der Waals surface area contributed by atoms with Gasteiger partial charge >= 0.3 is 0 Å². The highest BCUT2D eigenvalue weighted by Gasteiger charge is 2.11. The molecule has 14 heavy (non-hydrogen) atoms. The third-order valence-corrected chi connectivity index (χ3v) is 3.54. The lowest BCUT2D eigenvalue weighted by Gasteiger charge is -2.14. The van der Waals surface area contributed by atoms with Crippen LogP contribution >= 0.6 is 15.9 Å². The first-order chi connectivity index (χ1) is 6.61. The Morgan fingerprint density at radius 1 is 1.43 bits per heavy atom. The molecule has 0 spiro atoms. The minimum absolute atomic E-state index is 0.650. The molecule has 0 aliphatic rings. The number of rotatable bonds is 3. The summed E-state index contributed by atoms with van der Waals surface area (Å²) in [5.74, 6) is 0.952. The number of methoxy groups -OCH3 is 1. The predicted molar refractivity (Wildman–Crippen MR) is 62.9 cm³/mol. The number of benzene rings is 1. The molecule has 0 unspecified atom stereocenters. The quantitative estimate of drug-likeness (QED) is 0.904. The van der Waals surface area contributed by atoms with Crippen molar-refractivity contribution < 1.29 is 4.74 Å². The lowest BCUT2D eigenvalue weighted by atomic mass is 10.0. The maximum absolute atomic E-state index is 5.56. The van der Waals surface area contributed by atoms with Crippen molar-refractivity contribution in [3.05, 3.63) is 27.2 Å². The topological polar surface area (TPSA) is 35.2 Å². The molecule has 0 saturated carbocycles. The minimum atomic E-state index is 0.650. The average molecular weight is 258 g/mol. The van der Waals surface area contributed by atoms with E-state index in [0.29, 0.717) is 6.54 Å². The van der Waals surface area contributed by atoms with Gasteiger partial charge in [0.25, 0.3) is 0 Å². The fourth-order valence-corrected chi connectivity index (χ4v) is 1.95. The van der Waals surface area contributed by atoms with Crippen LogP contribution in [0, 0.1) is 13.8 Å². The lowest BCUT2D eigenvalue weighted by molar-refractivity contribution is 0.406. The summed E-state index contributed by atoms with van der Waals surface area (Å²) in [6.07, 6.45) is 0.859. The summed E-state index contributed by atoms with van der Waals surface area (Å²) in [5, 5.41) is 0. The summed E-state index contributed by atoms with van der Waals surface area (Å²) in [6.45, 7) is 4.78. The maximum Gasteiger partial charge on any atom is 0.126 e. The number of ether oxygens (including phenoxy) is 1. The summed E-state index contributed by atoms with van der Waals surface area (Å²) in [6, 6.07) is 2.13. The molecule has 2 N–H and O–H groups in total. The molecular weight excluding hydrogens is 242 g/mol. The maximum atomic E-state index is 5.56. The summed E-state index contributed by atoms with van der Waals surface area (Å²) in [5.41, 5.74) is 9.12. The molecule has 0 heterocycles. The molecule has 0 atom stereocenters. The molecule has 1 aromatic rings. The van der Waals surface area contributed by atoms with Crippen LogP contribution in [0.4, 0.5) is 0 Å². The van der Waals surface area contributed by atoms with Gasteiger partial charge in [-0.25, -0.2) is 0 Å². The minimum Gasteiger partial charge on any atom is -0.496 e. The molecule has 0 radical (unpaired) electrons. The highest BCUT2D eigenvalue weighted by molar-refractivity contribution is 9.10. The summed E-state index contributed by atoms with van der Waals surface area (Å²) < 4.78 is 6.50. The first kappa shape index (κ1) is 11.5. The van der Waals surface area contributed by atoms with Crippen molar-refractivity contribution in [2.75, 3.05) is 13.7 Å². The lowest BCUT2D eigenvalue weighted by Crippen LogP contribution is -2.06. The Balaban J connectivity index is 3.28. The molecule has 0 aromatic heterocycles. The Kier molecular flexibility index (Phi) is 3.96. The Bertz CT molecular complexity index is 337. The molecule has 1 aromatic carbocycles. The molecule has 0 aliphatic carbocycles. The molecule has 0 amide bonds. The first-order valence-electron chi connectivity index (χ1n) is 4.64. The van der Waals surface area contributed by atoms with Gasteiger partial charge in [-0.05, 0) is 37.9 Å². The highest BCUT2D eigenvalue weighted by Crippen LogP contribution is 2.32. The van der Waals surface area contributed by atoms with Gasteiger partial charge < -0.3 is 10.5 Å². The fourth-order valence-electron chi connectivity index (χ4n) is 1.65. The average Bonchev–Trinajstić information content (AvgIpc) is 2.16. The van der Waals surface area contributed by atoms with Gasteiger partial charge in [-0.2, -0.15) is 0 Å². The van der Waals surface area contributed by atoms with E-state index in [2.05, 4.69) is 35.8 Å². The van der Waals surface area contributed by atoms with E-state index >= 15 is 0 Å². The van der Waals surface area contributed by atoms with Crippen molar-refractivity contribution >= 4 is 15.9 Å². The molecule has 0 bridgehead atoms. The number of hydrogen-bond acceptors (Lipinski definition) is 2. The van der Waals surface area contributed by atoms with E-state index < -0.39 is 0 Å². The zero-order valence-electron chi connectivity index (χ0n) is 8.86. The third kappa shape index (κ3) is 2.10. The molecule has 0 saturated heterocycles. The Morgan fingerprint density at radius 3 is 2.57 bits per heavy atom. The fraction of sp³-hybridized carbons (Fsp3) is 0.455. The van der Waals surface area contributed by atoms with E-state index in [1.165, 1.54) is 11.1 Å². The van der Waals surface area contributed by atoms with Crippen LogP contribution in [-0.2, 0) is 6.42 Å². The molecule has 2 nitrogen and oxygen atoms in total. The molecular formula is C11H16BrNO. The second-order valence-electron chi connectivity index (χ2n) is 3.36. The van der Waals surface area contributed by atoms with Gasteiger partial charge in [0.1, 0.15) is 5.75 Å². The summed E-state index contributed by atoms with van der Waals surface area (Å²) in [7, 11) is 1.70. The molecule has 0 aliphatic heterocycles. The van der Waals surface area contributed by atoms with Crippen molar-refractivity contribution in [2.45, 2.75) is 20.3 Å². The van der Waals surface area contributed by atoms with E-state index in [0.717, 1.165) is 22.2 Å².